The van der Waals surface area contributed by atoms with Gasteiger partial charge < -0.3 is 10.2 Å². The average Bonchev–Trinajstić information content (AvgIpc) is 2.26. The summed E-state index contributed by atoms with van der Waals surface area (Å²) in [6.07, 6.45) is 5.68. The van der Waals surface area contributed by atoms with E-state index < -0.39 is 11.9 Å². The third-order valence-corrected chi connectivity index (χ3v) is 2.76. The zero-order valence-electron chi connectivity index (χ0n) is 10.7. The third-order valence-electron chi connectivity index (χ3n) is 2.76. The lowest BCUT2D eigenvalue weighted by atomic mass is 9.99. The standard InChI is InChI=1S/C13H22O4/c1-3-5-6-7-8-9-11(13(16)17)10(4-2)12(14)15/h3-9H2,1-2H3,(H,14,15)(H,16,17). The van der Waals surface area contributed by atoms with Crippen LogP contribution < -0.4 is 0 Å². The van der Waals surface area contributed by atoms with Gasteiger partial charge in [0, 0.05) is 11.1 Å². The fourth-order valence-corrected chi connectivity index (χ4v) is 1.79. The number of hydrogen-bond donors (Lipinski definition) is 2. The van der Waals surface area contributed by atoms with E-state index >= 15 is 0 Å². The molecular formula is C13H22O4. The van der Waals surface area contributed by atoms with Crippen LogP contribution in [0.1, 0.15) is 58.8 Å². The number of carboxylic acids is 2. The summed E-state index contributed by atoms with van der Waals surface area (Å²) in [7, 11) is 0. The minimum absolute atomic E-state index is 0.0352. The van der Waals surface area contributed by atoms with Gasteiger partial charge in [0.2, 0.25) is 0 Å². The average molecular weight is 242 g/mol. The maximum Gasteiger partial charge on any atom is 0.332 e. The van der Waals surface area contributed by atoms with Gasteiger partial charge in [0.05, 0.1) is 0 Å². The molecule has 0 aliphatic rings. The Hall–Kier alpha value is -1.32. The Morgan fingerprint density at radius 1 is 0.824 bits per heavy atom. The van der Waals surface area contributed by atoms with E-state index in [9.17, 15) is 9.59 Å². The molecule has 0 fully saturated rings. The highest BCUT2D eigenvalue weighted by Crippen LogP contribution is 2.17. The first kappa shape index (κ1) is 15.7. The largest absolute Gasteiger partial charge is 0.478 e. The van der Waals surface area contributed by atoms with Gasteiger partial charge >= 0.3 is 11.9 Å². The molecule has 0 aromatic carbocycles. The van der Waals surface area contributed by atoms with Crippen LogP contribution in [0.2, 0.25) is 0 Å². The van der Waals surface area contributed by atoms with E-state index in [4.69, 9.17) is 10.2 Å². The SMILES string of the molecule is CCCCCCCC(C(=O)O)=C(CC)C(=O)O. The molecule has 0 aromatic rings. The third kappa shape index (κ3) is 6.09. The summed E-state index contributed by atoms with van der Waals surface area (Å²) in [5, 5.41) is 17.9. The molecule has 0 heterocycles. The molecule has 2 N–H and O–H groups in total. The molecule has 0 aliphatic heterocycles. The predicted molar refractivity (Wildman–Crippen MR) is 66.0 cm³/mol. The van der Waals surface area contributed by atoms with Crippen molar-refractivity contribution < 1.29 is 19.8 Å². The summed E-state index contributed by atoms with van der Waals surface area (Å²) < 4.78 is 0. The summed E-state index contributed by atoms with van der Waals surface area (Å²) in [5.74, 6) is -2.21. The highest BCUT2D eigenvalue weighted by atomic mass is 16.4. The first-order valence-electron chi connectivity index (χ1n) is 6.23. The molecule has 0 spiro atoms. The summed E-state index contributed by atoms with van der Waals surface area (Å²) in [6, 6.07) is 0. The Morgan fingerprint density at radius 3 is 1.76 bits per heavy atom. The van der Waals surface area contributed by atoms with Gasteiger partial charge in [0.1, 0.15) is 0 Å². The molecule has 0 bridgehead atoms. The van der Waals surface area contributed by atoms with Crippen LogP contribution in [0.3, 0.4) is 0 Å². The normalized spacial score (nSPS) is 12.1. The van der Waals surface area contributed by atoms with Gasteiger partial charge in [-0.15, -0.1) is 0 Å². The molecule has 0 radical (unpaired) electrons. The van der Waals surface area contributed by atoms with Crippen molar-refractivity contribution >= 4 is 11.9 Å². The van der Waals surface area contributed by atoms with Crippen molar-refractivity contribution in [3.8, 4) is 0 Å². The van der Waals surface area contributed by atoms with E-state index in [2.05, 4.69) is 6.92 Å². The molecule has 0 rings (SSSR count). The monoisotopic (exact) mass is 242 g/mol. The topological polar surface area (TPSA) is 74.6 Å². The lowest BCUT2D eigenvalue weighted by Gasteiger charge is -2.07. The van der Waals surface area contributed by atoms with E-state index in [1.165, 1.54) is 0 Å². The number of carbonyl (C=O) groups is 2. The second-order valence-electron chi connectivity index (χ2n) is 4.09. The van der Waals surface area contributed by atoms with Gasteiger partial charge in [-0.05, 0) is 19.3 Å². The maximum absolute atomic E-state index is 11.0. The molecule has 0 atom stereocenters. The first-order valence-corrected chi connectivity index (χ1v) is 6.23. The molecule has 17 heavy (non-hydrogen) atoms. The van der Waals surface area contributed by atoms with E-state index in [-0.39, 0.29) is 17.6 Å². The van der Waals surface area contributed by atoms with Crippen molar-refractivity contribution in [1.82, 2.24) is 0 Å². The van der Waals surface area contributed by atoms with Crippen molar-refractivity contribution in [2.75, 3.05) is 0 Å². The van der Waals surface area contributed by atoms with Gasteiger partial charge in [0.25, 0.3) is 0 Å². The quantitative estimate of drug-likeness (QED) is 0.481. The van der Waals surface area contributed by atoms with Gasteiger partial charge in [0.15, 0.2) is 0 Å². The summed E-state index contributed by atoms with van der Waals surface area (Å²) in [4.78, 5) is 21.9. The Balaban J connectivity index is 4.44. The van der Waals surface area contributed by atoms with Crippen LogP contribution in [-0.2, 0) is 9.59 Å². The second-order valence-corrected chi connectivity index (χ2v) is 4.09. The minimum atomic E-state index is -1.11. The van der Waals surface area contributed by atoms with Crippen molar-refractivity contribution in [1.29, 1.82) is 0 Å². The summed E-state index contributed by atoms with van der Waals surface area (Å²) in [5.41, 5.74) is 0.101. The van der Waals surface area contributed by atoms with Crippen LogP contribution in [0.5, 0.6) is 0 Å². The van der Waals surface area contributed by atoms with Crippen molar-refractivity contribution in [2.45, 2.75) is 58.8 Å². The lowest BCUT2D eigenvalue weighted by Crippen LogP contribution is -2.11. The van der Waals surface area contributed by atoms with E-state index in [0.717, 1.165) is 32.1 Å². The minimum Gasteiger partial charge on any atom is -0.478 e. The Bertz CT molecular complexity index is 292. The van der Waals surface area contributed by atoms with Crippen LogP contribution >= 0.6 is 0 Å². The number of hydrogen-bond acceptors (Lipinski definition) is 2. The molecule has 4 nitrogen and oxygen atoms in total. The number of unbranched alkanes of at least 4 members (excludes halogenated alkanes) is 4. The molecule has 98 valence electrons. The van der Waals surface area contributed by atoms with Crippen LogP contribution in [0, 0.1) is 0 Å². The van der Waals surface area contributed by atoms with Crippen molar-refractivity contribution in [3.63, 3.8) is 0 Å². The molecular weight excluding hydrogens is 220 g/mol. The Morgan fingerprint density at radius 2 is 1.35 bits per heavy atom. The molecule has 4 heteroatoms. The number of rotatable bonds is 9. The van der Waals surface area contributed by atoms with Crippen LogP contribution in [0.25, 0.3) is 0 Å². The van der Waals surface area contributed by atoms with Gasteiger partial charge in [-0.1, -0.05) is 39.5 Å². The second kappa shape index (κ2) is 8.79. The Labute approximate surface area is 102 Å². The van der Waals surface area contributed by atoms with Crippen molar-refractivity contribution in [3.05, 3.63) is 11.1 Å². The first-order chi connectivity index (χ1) is 8.04. The maximum atomic E-state index is 11.0. The fourth-order valence-electron chi connectivity index (χ4n) is 1.79. The van der Waals surface area contributed by atoms with Gasteiger partial charge in [-0.3, -0.25) is 0 Å². The number of carboxylic acid groups (broad SMARTS) is 2. The highest BCUT2D eigenvalue weighted by Gasteiger charge is 2.17. The smallest absolute Gasteiger partial charge is 0.332 e. The molecule has 0 aliphatic carbocycles. The summed E-state index contributed by atoms with van der Waals surface area (Å²) >= 11 is 0. The molecule has 0 saturated heterocycles. The zero-order chi connectivity index (χ0) is 13.3. The summed E-state index contributed by atoms with van der Waals surface area (Å²) in [6.45, 7) is 3.78. The molecule has 0 unspecified atom stereocenters. The molecule has 0 amide bonds. The number of aliphatic carboxylic acids is 2. The van der Waals surface area contributed by atoms with Crippen LogP contribution in [0.15, 0.2) is 11.1 Å². The van der Waals surface area contributed by atoms with Crippen molar-refractivity contribution in [2.24, 2.45) is 0 Å². The molecule has 0 aromatic heterocycles. The van der Waals surface area contributed by atoms with Crippen LogP contribution in [-0.4, -0.2) is 22.2 Å². The zero-order valence-corrected chi connectivity index (χ0v) is 10.7. The van der Waals surface area contributed by atoms with E-state index in [0.29, 0.717) is 6.42 Å². The highest BCUT2D eigenvalue weighted by molar-refractivity contribution is 5.98. The van der Waals surface area contributed by atoms with Gasteiger partial charge in [-0.2, -0.15) is 0 Å². The predicted octanol–water partition coefficient (Wildman–Crippen LogP) is 3.22. The lowest BCUT2D eigenvalue weighted by molar-refractivity contribution is -0.136. The molecule has 0 saturated carbocycles. The van der Waals surface area contributed by atoms with Crippen LogP contribution in [0.4, 0.5) is 0 Å². The Kier molecular flexibility index (Phi) is 8.11. The van der Waals surface area contributed by atoms with Gasteiger partial charge in [-0.25, -0.2) is 9.59 Å². The van der Waals surface area contributed by atoms with E-state index in [1.807, 2.05) is 0 Å². The fraction of sp³-hybridized carbons (Fsp3) is 0.692. The van der Waals surface area contributed by atoms with E-state index in [1.54, 1.807) is 6.92 Å².